The van der Waals surface area contributed by atoms with Gasteiger partial charge in [-0.2, -0.15) is 0 Å². The van der Waals surface area contributed by atoms with E-state index in [-0.39, 0.29) is 12.3 Å². The summed E-state index contributed by atoms with van der Waals surface area (Å²) in [5.74, 6) is 0.376. The predicted octanol–water partition coefficient (Wildman–Crippen LogP) is 3.32. The van der Waals surface area contributed by atoms with Crippen LogP contribution in [0.5, 0.6) is 5.75 Å². The Balaban J connectivity index is 1.82. The van der Waals surface area contributed by atoms with Gasteiger partial charge in [0.25, 0.3) is 0 Å². The molecular weight excluding hydrogens is 332 g/mol. The molecule has 6 heteroatoms. The van der Waals surface area contributed by atoms with Crippen molar-refractivity contribution in [2.75, 3.05) is 13.2 Å². The summed E-state index contributed by atoms with van der Waals surface area (Å²) in [6.07, 6.45) is 7.87. The minimum atomic E-state index is -0.375. The number of carbonyl (C=O) groups is 1. The van der Waals surface area contributed by atoms with Crippen molar-refractivity contribution in [2.24, 2.45) is 7.05 Å². The topological polar surface area (TPSA) is 62.6 Å². The monoisotopic (exact) mass is 356 g/mol. The van der Waals surface area contributed by atoms with Gasteiger partial charge < -0.3 is 18.8 Å². The van der Waals surface area contributed by atoms with Crippen molar-refractivity contribution in [3.8, 4) is 5.75 Å². The zero-order valence-electron chi connectivity index (χ0n) is 15.2. The molecule has 1 saturated heterocycles. The van der Waals surface area contributed by atoms with Crippen LogP contribution in [-0.4, -0.2) is 35.0 Å². The predicted molar refractivity (Wildman–Crippen MR) is 97.6 cm³/mol. The molecule has 138 valence electrons. The maximum atomic E-state index is 12.0. The Kier molecular flexibility index (Phi) is 6.07. The van der Waals surface area contributed by atoms with Gasteiger partial charge in [0.1, 0.15) is 5.75 Å². The van der Waals surface area contributed by atoms with E-state index in [1.165, 1.54) is 6.08 Å². The fourth-order valence-electron chi connectivity index (χ4n) is 2.89. The summed E-state index contributed by atoms with van der Waals surface area (Å²) in [6.45, 7) is 2.87. The number of aryl methyl sites for hydroxylation is 1. The summed E-state index contributed by atoms with van der Waals surface area (Å²) < 4.78 is 18.4. The number of carbonyl (C=O) groups excluding carboxylic acids is 1. The second-order valence-corrected chi connectivity index (χ2v) is 6.14. The Labute approximate surface area is 153 Å². The van der Waals surface area contributed by atoms with Gasteiger partial charge in [-0.05, 0) is 37.5 Å². The Morgan fingerprint density at radius 3 is 2.77 bits per heavy atom. The van der Waals surface area contributed by atoms with Gasteiger partial charge in [0.2, 0.25) is 0 Å². The molecular formula is C20H24N2O4. The molecule has 0 aliphatic carbocycles. The van der Waals surface area contributed by atoms with Crippen LogP contribution in [0.1, 0.15) is 37.4 Å². The molecule has 1 atom stereocenters. The van der Waals surface area contributed by atoms with Crippen LogP contribution >= 0.6 is 0 Å². The third-order valence-electron chi connectivity index (χ3n) is 4.21. The largest absolute Gasteiger partial charge is 0.465 e. The van der Waals surface area contributed by atoms with E-state index >= 15 is 0 Å². The van der Waals surface area contributed by atoms with E-state index in [9.17, 15) is 4.79 Å². The molecule has 0 amide bonds. The SMILES string of the molecule is CCOC(=O)/C=C(/c1ccc(OC2CCCCO2)cc1)c1cncn1C. The average Bonchev–Trinajstić information content (AvgIpc) is 3.07. The number of hydrogen-bond donors (Lipinski definition) is 0. The molecule has 1 unspecified atom stereocenters. The zero-order valence-corrected chi connectivity index (χ0v) is 15.2. The van der Waals surface area contributed by atoms with Gasteiger partial charge in [0.15, 0.2) is 6.29 Å². The van der Waals surface area contributed by atoms with E-state index in [0.29, 0.717) is 6.61 Å². The minimum Gasteiger partial charge on any atom is -0.465 e. The first kappa shape index (κ1) is 18.2. The Morgan fingerprint density at radius 2 is 2.15 bits per heavy atom. The van der Waals surface area contributed by atoms with Crippen molar-refractivity contribution in [1.29, 1.82) is 0 Å². The van der Waals surface area contributed by atoms with Crippen molar-refractivity contribution in [2.45, 2.75) is 32.5 Å². The lowest BCUT2D eigenvalue weighted by Crippen LogP contribution is -2.24. The van der Waals surface area contributed by atoms with E-state index in [2.05, 4.69) is 4.98 Å². The van der Waals surface area contributed by atoms with Crippen LogP contribution in [0.25, 0.3) is 5.57 Å². The second kappa shape index (κ2) is 8.67. The van der Waals surface area contributed by atoms with E-state index in [1.54, 1.807) is 19.4 Å². The lowest BCUT2D eigenvalue weighted by molar-refractivity contribution is -0.137. The fourth-order valence-corrected chi connectivity index (χ4v) is 2.89. The van der Waals surface area contributed by atoms with E-state index < -0.39 is 0 Å². The third-order valence-corrected chi connectivity index (χ3v) is 4.21. The van der Waals surface area contributed by atoms with Gasteiger partial charge in [-0.25, -0.2) is 9.78 Å². The highest BCUT2D eigenvalue weighted by Gasteiger charge is 2.16. The standard InChI is InChI=1S/C20H24N2O4/c1-3-24-19(23)12-17(18-13-21-14-22(18)2)15-7-9-16(10-8-15)26-20-6-4-5-11-25-20/h7-10,12-14,20H,3-6,11H2,1-2H3/b17-12-. The van der Waals surface area contributed by atoms with Crippen molar-refractivity contribution in [3.05, 3.63) is 54.1 Å². The highest BCUT2D eigenvalue weighted by Crippen LogP contribution is 2.26. The highest BCUT2D eigenvalue weighted by molar-refractivity contribution is 5.95. The van der Waals surface area contributed by atoms with Crippen molar-refractivity contribution in [1.82, 2.24) is 9.55 Å². The van der Waals surface area contributed by atoms with Crippen LogP contribution in [0, 0.1) is 0 Å². The van der Waals surface area contributed by atoms with Crippen LogP contribution in [0.15, 0.2) is 42.9 Å². The number of aromatic nitrogens is 2. The second-order valence-electron chi connectivity index (χ2n) is 6.14. The summed E-state index contributed by atoms with van der Waals surface area (Å²) >= 11 is 0. The molecule has 3 rings (SSSR count). The quantitative estimate of drug-likeness (QED) is 0.587. The first-order valence-electron chi connectivity index (χ1n) is 8.91. The molecule has 2 heterocycles. The molecule has 1 fully saturated rings. The molecule has 1 aromatic heterocycles. The zero-order chi connectivity index (χ0) is 18.4. The fraction of sp³-hybridized carbons (Fsp3) is 0.400. The van der Waals surface area contributed by atoms with Gasteiger partial charge in [-0.1, -0.05) is 12.1 Å². The van der Waals surface area contributed by atoms with Crippen LogP contribution in [0.4, 0.5) is 0 Å². The van der Waals surface area contributed by atoms with Gasteiger partial charge in [0.05, 0.1) is 31.4 Å². The molecule has 6 nitrogen and oxygen atoms in total. The van der Waals surface area contributed by atoms with E-state index in [0.717, 1.165) is 48.4 Å². The minimum absolute atomic E-state index is 0.179. The van der Waals surface area contributed by atoms with Crippen molar-refractivity contribution < 1.29 is 19.0 Å². The van der Waals surface area contributed by atoms with E-state index in [1.807, 2.05) is 35.9 Å². The lowest BCUT2D eigenvalue weighted by Gasteiger charge is -2.23. The van der Waals surface area contributed by atoms with Gasteiger partial charge in [0, 0.05) is 25.1 Å². The van der Waals surface area contributed by atoms with Gasteiger partial charge in [-0.15, -0.1) is 0 Å². The number of rotatable bonds is 6. The summed E-state index contributed by atoms with van der Waals surface area (Å²) in [5.41, 5.74) is 2.48. The maximum absolute atomic E-state index is 12.0. The third kappa shape index (κ3) is 4.52. The Hall–Kier alpha value is -2.60. The molecule has 26 heavy (non-hydrogen) atoms. The Morgan fingerprint density at radius 1 is 1.35 bits per heavy atom. The molecule has 2 aromatic rings. The highest BCUT2D eigenvalue weighted by atomic mass is 16.7. The molecule has 0 spiro atoms. The molecule has 1 aromatic carbocycles. The number of esters is 1. The first-order chi connectivity index (χ1) is 12.7. The van der Waals surface area contributed by atoms with Crippen molar-refractivity contribution >= 4 is 11.5 Å². The molecule has 1 aliphatic rings. The normalized spacial score (nSPS) is 17.8. The van der Waals surface area contributed by atoms with Gasteiger partial charge >= 0.3 is 5.97 Å². The van der Waals surface area contributed by atoms with Crippen LogP contribution < -0.4 is 4.74 Å². The summed E-state index contributed by atoms with van der Waals surface area (Å²) in [4.78, 5) is 16.1. The number of hydrogen-bond acceptors (Lipinski definition) is 5. The van der Waals surface area contributed by atoms with Crippen LogP contribution in [0.3, 0.4) is 0 Å². The molecule has 0 N–H and O–H groups in total. The molecule has 0 saturated carbocycles. The number of ether oxygens (including phenoxy) is 3. The summed E-state index contributed by atoms with van der Waals surface area (Å²) in [6, 6.07) is 7.64. The lowest BCUT2D eigenvalue weighted by atomic mass is 10.0. The Bertz CT molecular complexity index is 758. The van der Waals surface area contributed by atoms with Crippen LogP contribution in [-0.2, 0) is 21.3 Å². The first-order valence-corrected chi connectivity index (χ1v) is 8.91. The van der Waals surface area contributed by atoms with Crippen molar-refractivity contribution in [3.63, 3.8) is 0 Å². The molecule has 1 aliphatic heterocycles. The van der Waals surface area contributed by atoms with Crippen LogP contribution in [0.2, 0.25) is 0 Å². The maximum Gasteiger partial charge on any atom is 0.331 e. The molecule has 0 bridgehead atoms. The van der Waals surface area contributed by atoms with E-state index in [4.69, 9.17) is 14.2 Å². The number of nitrogens with zero attached hydrogens (tertiary/aromatic N) is 2. The average molecular weight is 356 g/mol. The number of benzene rings is 1. The molecule has 0 radical (unpaired) electrons. The van der Waals surface area contributed by atoms with Gasteiger partial charge in [-0.3, -0.25) is 0 Å². The summed E-state index contributed by atoms with van der Waals surface area (Å²) in [7, 11) is 1.89. The smallest absolute Gasteiger partial charge is 0.331 e. The summed E-state index contributed by atoms with van der Waals surface area (Å²) in [5, 5.41) is 0. The number of imidazole rings is 1.